The van der Waals surface area contributed by atoms with Crippen LogP contribution in [0.1, 0.15) is 31.2 Å². The molecule has 1 aromatic rings. The highest BCUT2D eigenvalue weighted by Crippen LogP contribution is 2.45. The van der Waals surface area contributed by atoms with E-state index in [0.717, 1.165) is 18.4 Å². The Kier molecular flexibility index (Phi) is 4.07. The summed E-state index contributed by atoms with van der Waals surface area (Å²) in [6.45, 7) is 5.87. The van der Waals surface area contributed by atoms with Crippen LogP contribution in [-0.4, -0.2) is 19.0 Å². The number of rotatable bonds is 4. The molecule has 0 aromatic heterocycles. The smallest absolute Gasteiger partial charge is 0.187 e. The van der Waals surface area contributed by atoms with Gasteiger partial charge in [0, 0.05) is 5.88 Å². The minimum absolute atomic E-state index is 0.199. The average Bonchev–Trinajstić information content (AvgIpc) is 2.89. The molecule has 1 saturated carbocycles. The highest BCUT2D eigenvalue weighted by Gasteiger charge is 2.48. The van der Waals surface area contributed by atoms with Crippen molar-refractivity contribution in [1.29, 1.82) is 0 Å². The number of hydrogen-bond donors (Lipinski definition) is 0. The molecular formula is C15H19ClO2S. The summed E-state index contributed by atoms with van der Waals surface area (Å²) in [6, 6.07) is 7.04. The Bertz CT molecular complexity index is 567. The van der Waals surface area contributed by atoms with Crippen LogP contribution in [0, 0.1) is 6.92 Å². The predicted molar refractivity (Wildman–Crippen MR) is 79.4 cm³/mol. The van der Waals surface area contributed by atoms with E-state index < -0.39 is 14.6 Å². The summed E-state index contributed by atoms with van der Waals surface area (Å²) >= 11 is 5.88. The first-order valence-corrected chi connectivity index (χ1v) is 8.51. The molecule has 1 aliphatic carbocycles. The highest BCUT2D eigenvalue weighted by molar-refractivity contribution is 7.93. The van der Waals surface area contributed by atoms with Crippen molar-refractivity contribution in [3.8, 4) is 0 Å². The lowest BCUT2D eigenvalue weighted by Gasteiger charge is -2.30. The molecule has 1 fully saturated rings. The molecule has 0 saturated heterocycles. The SMILES string of the molecule is C=C(CCl)C1(S(=O)(=O)c2ccc(C)cc2)CCCC1. The lowest BCUT2D eigenvalue weighted by atomic mass is 9.99. The zero-order valence-electron chi connectivity index (χ0n) is 11.2. The van der Waals surface area contributed by atoms with Gasteiger partial charge in [0.05, 0.1) is 9.64 Å². The average molecular weight is 299 g/mol. The van der Waals surface area contributed by atoms with Crippen LogP contribution in [0.15, 0.2) is 41.3 Å². The molecule has 4 heteroatoms. The fourth-order valence-electron chi connectivity index (χ4n) is 2.82. The third-order valence-corrected chi connectivity index (χ3v) is 7.00. The number of benzene rings is 1. The Labute approximate surface area is 120 Å². The van der Waals surface area contributed by atoms with Crippen LogP contribution in [0.4, 0.5) is 0 Å². The van der Waals surface area contributed by atoms with Gasteiger partial charge in [-0.2, -0.15) is 0 Å². The molecule has 0 heterocycles. The van der Waals surface area contributed by atoms with Crippen molar-refractivity contribution in [2.45, 2.75) is 42.2 Å². The van der Waals surface area contributed by atoms with Gasteiger partial charge in [-0.15, -0.1) is 11.6 Å². The van der Waals surface area contributed by atoms with E-state index in [9.17, 15) is 8.42 Å². The maximum atomic E-state index is 12.9. The van der Waals surface area contributed by atoms with Crippen molar-refractivity contribution in [3.63, 3.8) is 0 Å². The number of alkyl halides is 1. The lowest BCUT2D eigenvalue weighted by molar-refractivity contribution is 0.545. The Hall–Kier alpha value is -0.800. The van der Waals surface area contributed by atoms with Crippen molar-refractivity contribution in [3.05, 3.63) is 42.0 Å². The third-order valence-electron chi connectivity index (χ3n) is 4.06. The second-order valence-corrected chi connectivity index (χ2v) is 7.78. The maximum absolute atomic E-state index is 12.9. The summed E-state index contributed by atoms with van der Waals surface area (Å²) in [5.74, 6) is 0.199. The Morgan fingerprint density at radius 3 is 2.26 bits per heavy atom. The first-order chi connectivity index (χ1) is 8.94. The molecule has 1 aromatic carbocycles. The van der Waals surface area contributed by atoms with Crippen LogP contribution >= 0.6 is 11.6 Å². The molecule has 2 nitrogen and oxygen atoms in total. The first kappa shape index (κ1) is 14.6. The molecule has 1 aliphatic rings. The van der Waals surface area contributed by atoms with Crippen molar-refractivity contribution < 1.29 is 8.42 Å². The normalized spacial score (nSPS) is 18.4. The standard InChI is InChI=1S/C15H19ClO2S/c1-12-5-7-14(8-6-12)19(17,18)15(13(2)11-16)9-3-4-10-15/h5-8H,2-4,9-11H2,1H3. The number of aryl methyl sites for hydroxylation is 1. The topological polar surface area (TPSA) is 34.1 Å². The highest BCUT2D eigenvalue weighted by atomic mass is 35.5. The molecule has 0 spiro atoms. The quantitative estimate of drug-likeness (QED) is 0.624. The van der Waals surface area contributed by atoms with E-state index in [1.165, 1.54) is 0 Å². The van der Waals surface area contributed by atoms with Crippen molar-refractivity contribution in [1.82, 2.24) is 0 Å². The van der Waals surface area contributed by atoms with Gasteiger partial charge in [0.15, 0.2) is 9.84 Å². The van der Waals surface area contributed by atoms with Gasteiger partial charge in [-0.05, 0) is 37.5 Å². The monoisotopic (exact) mass is 298 g/mol. The van der Waals surface area contributed by atoms with E-state index in [2.05, 4.69) is 6.58 Å². The summed E-state index contributed by atoms with van der Waals surface area (Å²) in [6.07, 6.45) is 3.10. The van der Waals surface area contributed by atoms with Crippen LogP contribution in [0.2, 0.25) is 0 Å². The number of halogens is 1. The van der Waals surface area contributed by atoms with Gasteiger partial charge < -0.3 is 0 Å². The third kappa shape index (κ3) is 2.34. The Morgan fingerprint density at radius 1 is 1.26 bits per heavy atom. The van der Waals surface area contributed by atoms with Crippen LogP contribution in [0.5, 0.6) is 0 Å². The Morgan fingerprint density at radius 2 is 1.79 bits per heavy atom. The minimum atomic E-state index is -3.41. The van der Waals surface area contributed by atoms with E-state index in [0.29, 0.717) is 23.3 Å². The van der Waals surface area contributed by atoms with E-state index >= 15 is 0 Å². The van der Waals surface area contributed by atoms with Crippen molar-refractivity contribution >= 4 is 21.4 Å². The van der Waals surface area contributed by atoms with Gasteiger partial charge in [0.1, 0.15) is 0 Å². The molecule has 2 rings (SSSR count). The van der Waals surface area contributed by atoms with E-state index in [4.69, 9.17) is 11.6 Å². The van der Waals surface area contributed by atoms with Gasteiger partial charge in [0.2, 0.25) is 0 Å². The van der Waals surface area contributed by atoms with E-state index in [1.807, 2.05) is 19.1 Å². The molecule has 0 amide bonds. The summed E-state index contributed by atoms with van der Waals surface area (Å²) < 4.78 is 25.0. The molecule has 0 aliphatic heterocycles. The summed E-state index contributed by atoms with van der Waals surface area (Å²) in [7, 11) is -3.41. The molecule has 19 heavy (non-hydrogen) atoms. The first-order valence-electron chi connectivity index (χ1n) is 6.49. The van der Waals surface area contributed by atoms with Crippen LogP contribution in [-0.2, 0) is 9.84 Å². The number of sulfone groups is 1. The minimum Gasteiger partial charge on any atom is -0.223 e. The van der Waals surface area contributed by atoms with Gasteiger partial charge in [-0.1, -0.05) is 37.1 Å². The van der Waals surface area contributed by atoms with Crippen LogP contribution in [0.25, 0.3) is 0 Å². The maximum Gasteiger partial charge on any atom is 0.187 e. The number of hydrogen-bond acceptors (Lipinski definition) is 2. The Balaban J connectivity index is 2.52. The van der Waals surface area contributed by atoms with Crippen LogP contribution in [0.3, 0.4) is 0 Å². The largest absolute Gasteiger partial charge is 0.223 e. The fourth-order valence-corrected chi connectivity index (χ4v) is 5.38. The van der Waals surface area contributed by atoms with Gasteiger partial charge in [0.25, 0.3) is 0 Å². The molecule has 0 atom stereocenters. The van der Waals surface area contributed by atoms with Crippen LogP contribution < -0.4 is 0 Å². The summed E-state index contributed by atoms with van der Waals surface area (Å²) in [5.41, 5.74) is 1.68. The van der Waals surface area contributed by atoms with Gasteiger partial charge in [-0.3, -0.25) is 0 Å². The fraction of sp³-hybridized carbons (Fsp3) is 0.467. The molecule has 104 valence electrons. The summed E-state index contributed by atoms with van der Waals surface area (Å²) in [5, 5.41) is 0. The summed E-state index contributed by atoms with van der Waals surface area (Å²) in [4.78, 5) is 0.381. The lowest BCUT2D eigenvalue weighted by Crippen LogP contribution is -2.38. The zero-order valence-corrected chi connectivity index (χ0v) is 12.7. The van der Waals surface area contributed by atoms with Crippen molar-refractivity contribution in [2.75, 3.05) is 5.88 Å². The molecular weight excluding hydrogens is 280 g/mol. The van der Waals surface area contributed by atoms with E-state index in [1.54, 1.807) is 12.1 Å². The zero-order chi connectivity index (χ0) is 14.1. The van der Waals surface area contributed by atoms with Gasteiger partial charge >= 0.3 is 0 Å². The van der Waals surface area contributed by atoms with Crippen molar-refractivity contribution in [2.24, 2.45) is 0 Å². The molecule has 0 bridgehead atoms. The van der Waals surface area contributed by atoms with E-state index in [-0.39, 0.29) is 5.88 Å². The van der Waals surface area contributed by atoms with Gasteiger partial charge in [-0.25, -0.2) is 8.42 Å². The molecule has 0 radical (unpaired) electrons. The molecule has 0 N–H and O–H groups in total. The predicted octanol–water partition coefficient (Wildman–Crippen LogP) is 3.88. The molecule has 0 unspecified atom stereocenters. The second kappa shape index (κ2) is 5.29. The second-order valence-electron chi connectivity index (χ2n) is 5.26.